The Kier molecular flexibility index (Phi) is 4.97. The minimum absolute atomic E-state index is 0.243. The maximum atomic E-state index is 6.10. The van der Waals surface area contributed by atoms with Crippen molar-refractivity contribution in [2.75, 3.05) is 13.2 Å². The third kappa shape index (κ3) is 3.66. The molecule has 3 rings (SSSR count). The molecule has 0 radical (unpaired) electrons. The first-order valence-electron chi connectivity index (χ1n) is 8.49. The fourth-order valence-electron chi connectivity index (χ4n) is 3.79. The highest BCUT2D eigenvalue weighted by molar-refractivity contribution is 7.09. The summed E-state index contributed by atoms with van der Waals surface area (Å²) in [6.45, 7) is 6.40. The number of aryl methyl sites for hydroxylation is 1. The van der Waals surface area contributed by atoms with Gasteiger partial charge in [-0.1, -0.05) is 6.92 Å². The van der Waals surface area contributed by atoms with Gasteiger partial charge in [0.05, 0.1) is 16.3 Å². The molecule has 1 aliphatic carbocycles. The minimum atomic E-state index is 0.243. The normalized spacial score (nSPS) is 25.7. The van der Waals surface area contributed by atoms with Crippen LogP contribution in [-0.4, -0.2) is 29.8 Å². The fourth-order valence-corrected chi connectivity index (χ4v) is 4.42. The Morgan fingerprint density at radius 1 is 1.52 bits per heavy atom. The van der Waals surface area contributed by atoms with Crippen LogP contribution in [0.1, 0.15) is 56.2 Å². The van der Waals surface area contributed by atoms with Gasteiger partial charge in [0.25, 0.3) is 0 Å². The molecule has 1 spiro atoms. The molecule has 0 bridgehead atoms. The van der Waals surface area contributed by atoms with Crippen molar-refractivity contribution in [3.8, 4) is 0 Å². The zero-order valence-corrected chi connectivity index (χ0v) is 14.2. The number of aromatic nitrogens is 1. The van der Waals surface area contributed by atoms with E-state index in [4.69, 9.17) is 4.74 Å². The topological polar surface area (TPSA) is 34.2 Å². The lowest BCUT2D eigenvalue weighted by Crippen LogP contribution is -2.51. The molecule has 2 unspecified atom stereocenters. The molecule has 1 N–H and O–H groups in total. The quantitative estimate of drug-likeness (QED) is 0.870. The molecule has 1 saturated heterocycles. The maximum absolute atomic E-state index is 6.10. The van der Waals surface area contributed by atoms with Gasteiger partial charge in [0.15, 0.2) is 0 Å². The Labute approximate surface area is 132 Å². The van der Waals surface area contributed by atoms with Crippen molar-refractivity contribution >= 4 is 11.3 Å². The Bertz CT molecular complexity index is 455. The Morgan fingerprint density at radius 2 is 2.38 bits per heavy atom. The van der Waals surface area contributed by atoms with Crippen LogP contribution in [0.3, 0.4) is 0 Å². The molecule has 118 valence electrons. The Hall–Kier alpha value is -0.450. The molecule has 3 nitrogen and oxygen atoms in total. The summed E-state index contributed by atoms with van der Waals surface area (Å²) in [7, 11) is 0. The second-order valence-corrected chi connectivity index (χ2v) is 7.82. The first-order valence-corrected chi connectivity index (χ1v) is 9.37. The Morgan fingerprint density at radius 3 is 3.00 bits per heavy atom. The number of nitrogens with zero attached hydrogens (tertiary/aromatic N) is 1. The van der Waals surface area contributed by atoms with Gasteiger partial charge < -0.3 is 10.1 Å². The van der Waals surface area contributed by atoms with Crippen LogP contribution in [0.2, 0.25) is 0 Å². The van der Waals surface area contributed by atoms with Crippen molar-refractivity contribution in [2.24, 2.45) is 5.92 Å². The first kappa shape index (κ1) is 15.4. The molecule has 2 fully saturated rings. The highest BCUT2D eigenvalue weighted by Gasteiger charge is 2.44. The Balaban J connectivity index is 1.65. The van der Waals surface area contributed by atoms with Gasteiger partial charge in [0, 0.05) is 24.4 Å². The maximum Gasteiger partial charge on any atom is 0.0897 e. The number of thiazole rings is 1. The van der Waals surface area contributed by atoms with Crippen LogP contribution in [0.4, 0.5) is 0 Å². The van der Waals surface area contributed by atoms with Crippen molar-refractivity contribution in [3.63, 3.8) is 0 Å². The summed E-state index contributed by atoms with van der Waals surface area (Å²) in [4.78, 5) is 4.67. The van der Waals surface area contributed by atoms with E-state index in [2.05, 4.69) is 29.5 Å². The van der Waals surface area contributed by atoms with Gasteiger partial charge in [0.1, 0.15) is 0 Å². The highest BCUT2D eigenvalue weighted by Crippen LogP contribution is 2.45. The van der Waals surface area contributed by atoms with Gasteiger partial charge in [-0.15, -0.1) is 11.3 Å². The number of hydrogen-bond acceptors (Lipinski definition) is 4. The van der Waals surface area contributed by atoms with E-state index in [0.717, 1.165) is 25.5 Å². The lowest BCUT2D eigenvalue weighted by atomic mass is 9.70. The zero-order chi connectivity index (χ0) is 14.7. The molecule has 4 heteroatoms. The van der Waals surface area contributed by atoms with E-state index in [1.165, 1.54) is 49.2 Å². The van der Waals surface area contributed by atoms with Gasteiger partial charge in [-0.25, -0.2) is 4.98 Å². The summed E-state index contributed by atoms with van der Waals surface area (Å²) in [5, 5.41) is 7.20. The SMILES string of the molecule is CCCNC(Cc1csc(C)n1)C1CCOC2(CCC2)C1. The average molecular weight is 308 g/mol. The van der Waals surface area contributed by atoms with E-state index in [-0.39, 0.29) is 5.60 Å². The van der Waals surface area contributed by atoms with Crippen LogP contribution < -0.4 is 5.32 Å². The average Bonchev–Trinajstić information content (AvgIpc) is 2.87. The van der Waals surface area contributed by atoms with Gasteiger partial charge in [-0.2, -0.15) is 0 Å². The second kappa shape index (κ2) is 6.76. The highest BCUT2D eigenvalue weighted by atomic mass is 32.1. The van der Waals surface area contributed by atoms with Gasteiger partial charge in [0.2, 0.25) is 0 Å². The van der Waals surface area contributed by atoms with Crippen LogP contribution in [-0.2, 0) is 11.2 Å². The molecule has 0 aromatic carbocycles. The third-order valence-electron chi connectivity index (χ3n) is 5.12. The van der Waals surface area contributed by atoms with Crippen molar-refractivity contribution < 1.29 is 4.74 Å². The van der Waals surface area contributed by atoms with Gasteiger partial charge in [-0.05, 0) is 57.9 Å². The van der Waals surface area contributed by atoms with Crippen LogP contribution in [0.15, 0.2) is 5.38 Å². The van der Waals surface area contributed by atoms with E-state index < -0.39 is 0 Å². The monoisotopic (exact) mass is 308 g/mol. The summed E-state index contributed by atoms with van der Waals surface area (Å²) >= 11 is 1.77. The largest absolute Gasteiger partial charge is 0.375 e. The van der Waals surface area contributed by atoms with E-state index in [1.807, 2.05) is 0 Å². The lowest BCUT2D eigenvalue weighted by Gasteiger charge is -2.49. The molecular formula is C17H28N2OS. The molecular weight excluding hydrogens is 280 g/mol. The number of ether oxygens (including phenoxy) is 1. The summed E-state index contributed by atoms with van der Waals surface area (Å²) < 4.78 is 6.10. The minimum Gasteiger partial charge on any atom is -0.375 e. The number of nitrogens with one attached hydrogen (secondary N) is 1. The van der Waals surface area contributed by atoms with Crippen molar-refractivity contribution in [1.29, 1.82) is 0 Å². The van der Waals surface area contributed by atoms with Crippen LogP contribution in [0.25, 0.3) is 0 Å². The summed E-state index contributed by atoms with van der Waals surface area (Å²) in [5.74, 6) is 0.743. The van der Waals surface area contributed by atoms with Crippen molar-refractivity contribution in [2.45, 2.75) is 70.4 Å². The first-order chi connectivity index (χ1) is 10.2. The summed E-state index contributed by atoms with van der Waals surface area (Å²) in [6.07, 6.45) is 8.63. The van der Waals surface area contributed by atoms with E-state index in [1.54, 1.807) is 11.3 Å². The fraction of sp³-hybridized carbons (Fsp3) is 0.824. The predicted octanol–water partition coefficient (Wildman–Crippen LogP) is 3.71. The van der Waals surface area contributed by atoms with Crippen LogP contribution >= 0.6 is 11.3 Å². The molecule has 2 atom stereocenters. The summed E-state index contributed by atoms with van der Waals surface area (Å²) in [6, 6.07) is 0.563. The molecule has 1 aromatic heterocycles. The predicted molar refractivity (Wildman–Crippen MR) is 87.9 cm³/mol. The summed E-state index contributed by atoms with van der Waals surface area (Å²) in [5.41, 5.74) is 1.51. The van der Waals surface area contributed by atoms with E-state index in [0.29, 0.717) is 6.04 Å². The van der Waals surface area contributed by atoms with E-state index in [9.17, 15) is 0 Å². The molecule has 21 heavy (non-hydrogen) atoms. The molecule has 2 aliphatic rings. The smallest absolute Gasteiger partial charge is 0.0897 e. The van der Waals surface area contributed by atoms with Gasteiger partial charge in [-0.3, -0.25) is 0 Å². The van der Waals surface area contributed by atoms with Crippen molar-refractivity contribution in [3.05, 3.63) is 16.1 Å². The molecule has 1 aliphatic heterocycles. The number of hydrogen-bond donors (Lipinski definition) is 1. The lowest BCUT2D eigenvalue weighted by molar-refractivity contribution is -0.147. The van der Waals surface area contributed by atoms with Crippen LogP contribution in [0.5, 0.6) is 0 Å². The standard InChI is InChI=1S/C17H28N2OS/c1-3-8-18-16(10-15-12-21-13(2)19-15)14-5-9-20-17(11-14)6-4-7-17/h12,14,16,18H,3-11H2,1-2H3. The van der Waals surface area contributed by atoms with E-state index >= 15 is 0 Å². The molecule has 2 heterocycles. The van der Waals surface area contributed by atoms with Gasteiger partial charge >= 0.3 is 0 Å². The zero-order valence-electron chi connectivity index (χ0n) is 13.4. The molecule has 1 aromatic rings. The molecule has 1 saturated carbocycles. The molecule has 0 amide bonds. The van der Waals surface area contributed by atoms with Crippen molar-refractivity contribution in [1.82, 2.24) is 10.3 Å². The number of rotatable bonds is 6. The second-order valence-electron chi connectivity index (χ2n) is 6.76. The third-order valence-corrected chi connectivity index (χ3v) is 5.94. The van der Waals surface area contributed by atoms with Crippen LogP contribution in [0, 0.1) is 12.8 Å².